The summed E-state index contributed by atoms with van der Waals surface area (Å²) in [5, 5.41) is 18.8. The molecule has 1 aliphatic heterocycles. The summed E-state index contributed by atoms with van der Waals surface area (Å²) in [5.41, 5.74) is 0.974. The van der Waals surface area contributed by atoms with E-state index in [-0.39, 0.29) is 0 Å². The molecule has 2 aromatic rings. The van der Waals surface area contributed by atoms with Crippen molar-refractivity contribution in [2.75, 3.05) is 18.4 Å². The van der Waals surface area contributed by atoms with E-state index >= 15 is 0 Å². The molecule has 1 unspecified atom stereocenters. The van der Waals surface area contributed by atoms with Crippen LogP contribution in [0.15, 0.2) is 30.3 Å². The number of nitrogens with zero attached hydrogens (tertiary/aromatic N) is 4. The number of hydrogen-bond acceptors (Lipinski definition) is 5. The fourth-order valence-electron chi connectivity index (χ4n) is 2.37. The molecule has 0 spiro atoms. The first-order valence-corrected chi connectivity index (χ1v) is 6.74. The zero-order valence-electron chi connectivity index (χ0n) is 10.8. The molecular weight excluding hydrogens is 240 g/mol. The fraction of sp³-hybridized carbons (Fsp3) is 0.462. The van der Waals surface area contributed by atoms with E-state index in [1.54, 1.807) is 4.68 Å². The molecule has 6 heteroatoms. The Kier molecular flexibility index (Phi) is 3.69. The highest BCUT2D eigenvalue weighted by Gasteiger charge is 2.15. The van der Waals surface area contributed by atoms with Gasteiger partial charge >= 0.3 is 0 Å². The molecule has 0 radical (unpaired) electrons. The average molecular weight is 258 g/mol. The second-order valence-corrected chi connectivity index (χ2v) is 4.77. The van der Waals surface area contributed by atoms with Crippen LogP contribution in [0.3, 0.4) is 0 Å². The lowest BCUT2D eigenvalue weighted by Gasteiger charge is -2.16. The SMILES string of the molecule is c1ccc(-n2nnnc2NC2CCCNCC2)cc1. The summed E-state index contributed by atoms with van der Waals surface area (Å²) >= 11 is 0. The second-order valence-electron chi connectivity index (χ2n) is 4.77. The van der Waals surface area contributed by atoms with Gasteiger partial charge in [-0.2, -0.15) is 4.68 Å². The Labute approximate surface area is 112 Å². The van der Waals surface area contributed by atoms with Gasteiger partial charge in [-0.15, -0.1) is 0 Å². The number of tetrazole rings is 1. The van der Waals surface area contributed by atoms with Gasteiger partial charge in [0.15, 0.2) is 0 Å². The van der Waals surface area contributed by atoms with Gasteiger partial charge in [-0.3, -0.25) is 0 Å². The Morgan fingerprint density at radius 2 is 2.05 bits per heavy atom. The minimum Gasteiger partial charge on any atom is -0.350 e. The fourth-order valence-corrected chi connectivity index (χ4v) is 2.37. The molecule has 0 saturated carbocycles. The van der Waals surface area contributed by atoms with Crippen LogP contribution in [0.2, 0.25) is 0 Å². The van der Waals surface area contributed by atoms with Gasteiger partial charge < -0.3 is 10.6 Å². The van der Waals surface area contributed by atoms with Crippen LogP contribution >= 0.6 is 0 Å². The maximum absolute atomic E-state index is 4.09. The van der Waals surface area contributed by atoms with Crippen molar-refractivity contribution in [3.05, 3.63) is 30.3 Å². The van der Waals surface area contributed by atoms with Gasteiger partial charge in [0.25, 0.3) is 0 Å². The number of hydrogen-bond donors (Lipinski definition) is 2. The monoisotopic (exact) mass is 258 g/mol. The lowest BCUT2D eigenvalue weighted by atomic mass is 10.1. The third-order valence-electron chi connectivity index (χ3n) is 3.38. The largest absolute Gasteiger partial charge is 0.350 e. The molecule has 1 aromatic heterocycles. The number of aromatic nitrogens is 4. The zero-order chi connectivity index (χ0) is 12.9. The summed E-state index contributed by atoms with van der Waals surface area (Å²) in [5.74, 6) is 0.720. The van der Waals surface area contributed by atoms with Crippen molar-refractivity contribution in [2.24, 2.45) is 0 Å². The lowest BCUT2D eigenvalue weighted by Crippen LogP contribution is -2.23. The lowest BCUT2D eigenvalue weighted by molar-refractivity contribution is 0.628. The number of benzene rings is 1. The van der Waals surface area contributed by atoms with Crippen LogP contribution in [0, 0.1) is 0 Å². The highest BCUT2D eigenvalue weighted by molar-refractivity contribution is 5.38. The van der Waals surface area contributed by atoms with Gasteiger partial charge in [-0.05, 0) is 54.9 Å². The molecule has 0 amide bonds. The van der Waals surface area contributed by atoms with E-state index < -0.39 is 0 Å². The van der Waals surface area contributed by atoms with Crippen LogP contribution in [-0.4, -0.2) is 39.3 Å². The Balaban J connectivity index is 1.76. The van der Waals surface area contributed by atoms with Gasteiger partial charge in [0.1, 0.15) is 0 Å². The van der Waals surface area contributed by atoms with E-state index in [0.717, 1.165) is 37.6 Å². The topological polar surface area (TPSA) is 67.7 Å². The van der Waals surface area contributed by atoms with E-state index in [9.17, 15) is 0 Å². The average Bonchev–Trinajstić information content (AvgIpc) is 2.75. The van der Waals surface area contributed by atoms with Gasteiger partial charge in [-0.25, -0.2) is 0 Å². The number of rotatable bonds is 3. The predicted molar refractivity (Wildman–Crippen MR) is 73.3 cm³/mol. The summed E-state index contributed by atoms with van der Waals surface area (Å²) < 4.78 is 1.75. The first kappa shape index (κ1) is 12.1. The Bertz CT molecular complexity index is 501. The molecule has 19 heavy (non-hydrogen) atoms. The molecule has 0 bridgehead atoms. The van der Waals surface area contributed by atoms with Crippen LogP contribution in [-0.2, 0) is 0 Å². The Morgan fingerprint density at radius 1 is 1.16 bits per heavy atom. The van der Waals surface area contributed by atoms with Crippen LogP contribution in [0.1, 0.15) is 19.3 Å². The van der Waals surface area contributed by atoms with Crippen LogP contribution in [0.25, 0.3) is 5.69 Å². The minimum atomic E-state index is 0.434. The number of nitrogens with one attached hydrogen (secondary N) is 2. The molecule has 0 aliphatic carbocycles. The molecule has 2 heterocycles. The van der Waals surface area contributed by atoms with E-state index in [0.29, 0.717) is 6.04 Å². The van der Waals surface area contributed by atoms with E-state index in [2.05, 4.69) is 26.2 Å². The van der Waals surface area contributed by atoms with Crippen molar-refractivity contribution >= 4 is 5.95 Å². The number of para-hydroxylation sites is 1. The van der Waals surface area contributed by atoms with Crippen molar-refractivity contribution < 1.29 is 0 Å². The summed E-state index contributed by atoms with van der Waals surface area (Å²) in [6.07, 6.45) is 3.43. The maximum atomic E-state index is 4.09. The van der Waals surface area contributed by atoms with E-state index in [4.69, 9.17) is 0 Å². The molecule has 1 aliphatic rings. The zero-order valence-corrected chi connectivity index (χ0v) is 10.8. The van der Waals surface area contributed by atoms with Gasteiger partial charge in [0.2, 0.25) is 5.95 Å². The quantitative estimate of drug-likeness (QED) is 0.866. The molecule has 1 atom stereocenters. The van der Waals surface area contributed by atoms with Gasteiger partial charge in [0.05, 0.1) is 5.69 Å². The van der Waals surface area contributed by atoms with Crippen molar-refractivity contribution in [3.8, 4) is 5.69 Å². The second kappa shape index (κ2) is 5.79. The molecule has 100 valence electrons. The van der Waals surface area contributed by atoms with Crippen molar-refractivity contribution in [1.82, 2.24) is 25.5 Å². The summed E-state index contributed by atoms with van der Waals surface area (Å²) in [4.78, 5) is 0. The highest BCUT2D eigenvalue weighted by Crippen LogP contribution is 2.15. The third kappa shape index (κ3) is 2.90. The van der Waals surface area contributed by atoms with E-state index in [1.165, 1.54) is 6.42 Å². The van der Waals surface area contributed by atoms with Crippen molar-refractivity contribution in [2.45, 2.75) is 25.3 Å². The normalized spacial score (nSPS) is 19.9. The van der Waals surface area contributed by atoms with E-state index in [1.807, 2.05) is 30.3 Å². The van der Waals surface area contributed by atoms with Crippen molar-refractivity contribution in [1.29, 1.82) is 0 Å². The van der Waals surface area contributed by atoms with Crippen molar-refractivity contribution in [3.63, 3.8) is 0 Å². The van der Waals surface area contributed by atoms with Gasteiger partial charge in [0, 0.05) is 6.04 Å². The molecule has 2 N–H and O–H groups in total. The molecule has 1 saturated heterocycles. The summed E-state index contributed by atoms with van der Waals surface area (Å²) in [6, 6.07) is 10.4. The highest BCUT2D eigenvalue weighted by atomic mass is 15.6. The third-order valence-corrected chi connectivity index (χ3v) is 3.38. The molecule has 1 fully saturated rings. The van der Waals surface area contributed by atoms with Crippen LogP contribution in [0.5, 0.6) is 0 Å². The Hall–Kier alpha value is -1.95. The molecular formula is C13H18N6. The summed E-state index contributed by atoms with van der Waals surface area (Å²) in [7, 11) is 0. The molecule has 3 rings (SSSR count). The first-order chi connectivity index (χ1) is 9.43. The first-order valence-electron chi connectivity index (χ1n) is 6.74. The minimum absolute atomic E-state index is 0.434. The molecule has 1 aromatic carbocycles. The Morgan fingerprint density at radius 3 is 2.95 bits per heavy atom. The maximum Gasteiger partial charge on any atom is 0.247 e. The van der Waals surface area contributed by atoms with Gasteiger partial charge in [-0.1, -0.05) is 23.3 Å². The standard InChI is InChI=1S/C13H18N6/c1-2-6-12(7-3-1)19-13(16-17-18-19)15-11-5-4-9-14-10-8-11/h1-3,6-7,11,14H,4-5,8-10H2,(H,15,16,18). The number of anilines is 1. The van der Waals surface area contributed by atoms with Crippen LogP contribution in [0.4, 0.5) is 5.95 Å². The smallest absolute Gasteiger partial charge is 0.247 e. The predicted octanol–water partition coefficient (Wildman–Crippen LogP) is 1.22. The molecule has 6 nitrogen and oxygen atoms in total. The summed E-state index contributed by atoms with van der Waals surface area (Å²) in [6.45, 7) is 2.15. The van der Waals surface area contributed by atoms with Crippen LogP contribution < -0.4 is 10.6 Å².